The van der Waals surface area contributed by atoms with Gasteiger partial charge in [-0.05, 0) is 59.5 Å². The van der Waals surface area contributed by atoms with Crippen molar-refractivity contribution in [2.45, 2.75) is 44.7 Å². The number of nitrogens with one attached hydrogen (secondary N) is 1. The third-order valence-electron chi connectivity index (χ3n) is 4.45. The van der Waals surface area contributed by atoms with Crippen LogP contribution in [0.1, 0.15) is 46.8 Å². The van der Waals surface area contributed by atoms with Crippen molar-refractivity contribution < 1.29 is 9.59 Å². The van der Waals surface area contributed by atoms with Gasteiger partial charge in [-0.15, -0.1) is 16.4 Å². The van der Waals surface area contributed by atoms with Crippen molar-refractivity contribution in [1.29, 1.82) is 0 Å². The number of nitrogens with zero attached hydrogens (tertiary/aromatic N) is 4. The Morgan fingerprint density at radius 2 is 1.93 bits per heavy atom. The minimum absolute atomic E-state index is 0.0419. The van der Waals surface area contributed by atoms with Crippen molar-refractivity contribution >= 4 is 34.8 Å². The molecule has 0 fully saturated rings. The highest BCUT2D eigenvalue weighted by molar-refractivity contribution is 7.99. The van der Waals surface area contributed by atoms with Crippen LogP contribution in [0.5, 0.6) is 0 Å². The summed E-state index contributed by atoms with van der Waals surface area (Å²) >= 11 is 2.79. The number of benzene rings is 1. The smallest absolute Gasteiger partial charge is 0.216 e. The number of hydrogen-bond acceptors (Lipinski definition) is 7. The molecule has 2 heterocycles. The lowest BCUT2D eigenvalue weighted by Crippen LogP contribution is -2.22. The van der Waals surface area contributed by atoms with Crippen LogP contribution in [-0.4, -0.2) is 44.2 Å². The number of rotatable bonds is 11. The molecule has 1 N–H and O–H groups in total. The second-order valence-corrected chi connectivity index (χ2v) is 8.96. The number of aromatic nitrogens is 4. The summed E-state index contributed by atoms with van der Waals surface area (Å²) < 4.78 is 1.66. The molecule has 9 heteroatoms. The van der Waals surface area contributed by atoms with E-state index in [1.54, 1.807) is 4.68 Å². The average Bonchev–Trinajstić information content (AvgIpc) is 3.40. The van der Waals surface area contributed by atoms with Crippen LogP contribution < -0.4 is 5.32 Å². The van der Waals surface area contributed by atoms with Crippen molar-refractivity contribution in [2.24, 2.45) is 0 Å². The first-order valence-electron chi connectivity index (χ1n) is 9.93. The summed E-state index contributed by atoms with van der Waals surface area (Å²) in [6, 6.07) is 12.0. The van der Waals surface area contributed by atoms with E-state index in [1.807, 2.05) is 24.3 Å². The third kappa shape index (κ3) is 6.24. The maximum atomic E-state index is 12.6. The highest BCUT2D eigenvalue weighted by Gasteiger charge is 2.14. The second-order valence-electron chi connectivity index (χ2n) is 6.85. The van der Waals surface area contributed by atoms with Gasteiger partial charge in [-0.3, -0.25) is 9.59 Å². The van der Waals surface area contributed by atoms with E-state index in [1.165, 1.54) is 48.4 Å². The number of hydrogen-bond donors (Lipinski definition) is 1. The molecule has 0 saturated carbocycles. The maximum absolute atomic E-state index is 12.6. The molecule has 0 spiro atoms. The number of thiophene rings is 1. The number of amides is 1. The summed E-state index contributed by atoms with van der Waals surface area (Å²) in [4.78, 5) is 25.3. The summed E-state index contributed by atoms with van der Waals surface area (Å²) in [6.07, 6.45) is 4.13. The van der Waals surface area contributed by atoms with Crippen LogP contribution in [0.25, 0.3) is 5.69 Å². The van der Waals surface area contributed by atoms with E-state index >= 15 is 0 Å². The van der Waals surface area contributed by atoms with Crippen molar-refractivity contribution in [3.63, 3.8) is 0 Å². The van der Waals surface area contributed by atoms with E-state index in [9.17, 15) is 9.59 Å². The minimum Gasteiger partial charge on any atom is -0.356 e. The summed E-state index contributed by atoms with van der Waals surface area (Å²) in [5, 5.41) is 15.3. The summed E-state index contributed by atoms with van der Waals surface area (Å²) in [5.74, 6) is 0.258. The molecule has 158 valence electrons. The highest BCUT2D eigenvalue weighted by Crippen LogP contribution is 2.23. The number of unbranched alkanes of at least 4 members (excludes halogenated alkanes) is 1. The molecule has 3 rings (SSSR count). The molecule has 0 bridgehead atoms. The Balaban J connectivity index is 1.57. The first-order chi connectivity index (χ1) is 14.6. The lowest BCUT2D eigenvalue weighted by atomic mass is 10.1. The Kier molecular flexibility index (Phi) is 8.15. The standard InChI is InChI=1S/C21H25N5O2S2/c1-3-4-5-16-6-8-17(9-7-16)26-21(23-24-25-26)29-14-19(28)20-11-10-18(30-20)12-13-22-15(2)27/h6-11H,3-5,12-14H2,1-2H3,(H,22,27). The zero-order valence-corrected chi connectivity index (χ0v) is 18.8. The number of ketones is 1. The van der Waals surface area contributed by atoms with Crippen LogP contribution in [0.15, 0.2) is 41.6 Å². The van der Waals surface area contributed by atoms with Gasteiger partial charge in [0.1, 0.15) is 0 Å². The molecule has 0 saturated heterocycles. The van der Waals surface area contributed by atoms with Gasteiger partial charge in [-0.1, -0.05) is 37.2 Å². The molecule has 2 aromatic heterocycles. The summed E-state index contributed by atoms with van der Waals surface area (Å²) in [5.41, 5.74) is 2.18. The van der Waals surface area contributed by atoms with E-state index in [0.29, 0.717) is 16.6 Å². The van der Waals surface area contributed by atoms with Crippen molar-refractivity contribution in [1.82, 2.24) is 25.5 Å². The zero-order valence-electron chi connectivity index (χ0n) is 17.1. The Morgan fingerprint density at radius 3 is 2.67 bits per heavy atom. The molecule has 0 aliphatic rings. The number of thioether (sulfide) groups is 1. The average molecular weight is 444 g/mol. The Hall–Kier alpha value is -2.52. The fraction of sp³-hybridized carbons (Fsp3) is 0.381. The first-order valence-corrected chi connectivity index (χ1v) is 11.7. The predicted octanol–water partition coefficient (Wildman–Crippen LogP) is 3.72. The molecule has 0 atom stereocenters. The molecular formula is C21H25N5O2S2. The monoisotopic (exact) mass is 443 g/mol. The van der Waals surface area contributed by atoms with Crippen LogP contribution in [0.3, 0.4) is 0 Å². The van der Waals surface area contributed by atoms with Crippen LogP contribution in [0.2, 0.25) is 0 Å². The number of tetrazole rings is 1. The number of carbonyl (C=O) groups is 2. The zero-order chi connectivity index (χ0) is 21.3. The molecule has 0 radical (unpaired) electrons. The van der Waals surface area contributed by atoms with Crippen molar-refractivity contribution in [2.75, 3.05) is 12.3 Å². The number of carbonyl (C=O) groups excluding carboxylic acids is 2. The van der Waals surface area contributed by atoms with Gasteiger partial charge in [0.15, 0.2) is 5.78 Å². The predicted molar refractivity (Wildman–Crippen MR) is 120 cm³/mol. The largest absolute Gasteiger partial charge is 0.356 e. The van der Waals surface area contributed by atoms with Crippen LogP contribution in [0, 0.1) is 0 Å². The molecule has 3 aromatic rings. The van der Waals surface area contributed by atoms with Gasteiger partial charge in [0.25, 0.3) is 0 Å². The lowest BCUT2D eigenvalue weighted by Gasteiger charge is -2.05. The molecule has 0 aliphatic heterocycles. The lowest BCUT2D eigenvalue weighted by molar-refractivity contribution is -0.118. The summed E-state index contributed by atoms with van der Waals surface area (Å²) in [7, 11) is 0. The van der Waals surface area contributed by atoms with Crippen molar-refractivity contribution in [3.05, 3.63) is 51.7 Å². The van der Waals surface area contributed by atoms with Gasteiger partial charge in [-0.25, -0.2) is 0 Å². The summed E-state index contributed by atoms with van der Waals surface area (Å²) in [6.45, 7) is 4.25. The molecule has 0 unspecified atom stereocenters. The normalized spacial score (nSPS) is 10.9. The fourth-order valence-corrected chi connectivity index (χ4v) is 4.65. The Bertz CT molecular complexity index is 981. The van der Waals surface area contributed by atoms with E-state index in [-0.39, 0.29) is 17.4 Å². The molecule has 1 amide bonds. The Morgan fingerprint density at radius 1 is 1.13 bits per heavy atom. The fourth-order valence-electron chi connectivity index (χ4n) is 2.84. The van der Waals surface area contributed by atoms with Crippen LogP contribution in [-0.2, 0) is 17.6 Å². The molecule has 7 nitrogen and oxygen atoms in total. The van der Waals surface area contributed by atoms with Gasteiger partial charge in [-0.2, -0.15) is 4.68 Å². The van der Waals surface area contributed by atoms with E-state index in [0.717, 1.165) is 23.4 Å². The van der Waals surface area contributed by atoms with Gasteiger partial charge in [0.05, 0.1) is 16.3 Å². The molecule has 30 heavy (non-hydrogen) atoms. The molecule has 1 aromatic carbocycles. The van der Waals surface area contributed by atoms with Crippen LogP contribution >= 0.6 is 23.1 Å². The SMILES string of the molecule is CCCCc1ccc(-n2nnnc2SCC(=O)c2ccc(CCNC(C)=O)s2)cc1. The third-order valence-corrected chi connectivity index (χ3v) is 6.56. The second kappa shape index (κ2) is 11.0. The molecular weight excluding hydrogens is 418 g/mol. The Labute approximate surface area is 184 Å². The minimum atomic E-state index is -0.0485. The van der Waals surface area contributed by atoms with Gasteiger partial charge >= 0.3 is 0 Å². The maximum Gasteiger partial charge on any atom is 0.216 e. The molecule has 0 aliphatic carbocycles. The van der Waals surface area contributed by atoms with E-state index in [4.69, 9.17) is 0 Å². The quantitative estimate of drug-likeness (QED) is 0.359. The van der Waals surface area contributed by atoms with Crippen LogP contribution in [0.4, 0.5) is 0 Å². The van der Waals surface area contributed by atoms with Gasteiger partial charge in [0, 0.05) is 18.3 Å². The number of Topliss-reactive ketones (excluding diaryl/α,β-unsaturated/α-hetero) is 1. The first kappa shape index (κ1) is 22.2. The number of aryl methyl sites for hydroxylation is 1. The van der Waals surface area contributed by atoms with Crippen molar-refractivity contribution in [3.8, 4) is 5.69 Å². The van der Waals surface area contributed by atoms with E-state index in [2.05, 4.69) is 39.9 Å². The van der Waals surface area contributed by atoms with Gasteiger partial charge < -0.3 is 5.32 Å². The van der Waals surface area contributed by atoms with E-state index < -0.39 is 0 Å². The highest BCUT2D eigenvalue weighted by atomic mass is 32.2. The topological polar surface area (TPSA) is 89.8 Å². The van der Waals surface area contributed by atoms with Gasteiger partial charge in [0.2, 0.25) is 11.1 Å².